The van der Waals surface area contributed by atoms with Crippen LogP contribution in [0.25, 0.3) is 0 Å². The van der Waals surface area contributed by atoms with Gasteiger partial charge in [0.05, 0.1) is 24.6 Å². The van der Waals surface area contributed by atoms with E-state index < -0.39 is 12.2 Å². The van der Waals surface area contributed by atoms with Gasteiger partial charge < -0.3 is 14.8 Å². The molecule has 1 aliphatic heterocycles. The van der Waals surface area contributed by atoms with E-state index in [0.717, 1.165) is 0 Å². The molecular formula is C12H19N3O3. The lowest BCUT2D eigenvalue weighted by Crippen LogP contribution is -2.41. The minimum absolute atomic E-state index is 0.279. The number of carbonyl (C=O) groups is 1. The second kappa shape index (κ2) is 5.20. The Bertz CT molecular complexity index is 419. The summed E-state index contributed by atoms with van der Waals surface area (Å²) in [4.78, 5) is 11.8. The van der Waals surface area contributed by atoms with E-state index >= 15 is 0 Å². The highest BCUT2D eigenvalue weighted by molar-refractivity contribution is 5.94. The van der Waals surface area contributed by atoms with Gasteiger partial charge in [-0.3, -0.25) is 0 Å². The Labute approximate surface area is 107 Å². The fourth-order valence-corrected chi connectivity index (χ4v) is 1.63. The Morgan fingerprint density at radius 2 is 2.17 bits per heavy atom. The lowest BCUT2D eigenvalue weighted by Gasteiger charge is -2.30. The van der Waals surface area contributed by atoms with Crippen molar-refractivity contribution in [3.8, 4) is 0 Å². The Balaban J connectivity index is 3.28. The first-order valence-electron chi connectivity index (χ1n) is 5.60. The largest absolute Gasteiger partial charge is 0.469 e. The molecule has 6 nitrogen and oxygen atoms in total. The van der Waals surface area contributed by atoms with Gasteiger partial charge in [0.25, 0.3) is 0 Å². The van der Waals surface area contributed by atoms with Crippen LogP contribution in [-0.2, 0) is 14.3 Å². The summed E-state index contributed by atoms with van der Waals surface area (Å²) >= 11 is 0. The van der Waals surface area contributed by atoms with Crippen molar-refractivity contribution in [1.29, 1.82) is 5.53 Å². The average molecular weight is 253 g/mol. The summed E-state index contributed by atoms with van der Waals surface area (Å²) in [5.41, 5.74) is 8.34. The van der Waals surface area contributed by atoms with Gasteiger partial charge >= 0.3 is 5.97 Å². The van der Waals surface area contributed by atoms with Crippen LogP contribution >= 0.6 is 0 Å². The van der Waals surface area contributed by atoms with Crippen molar-refractivity contribution >= 4 is 5.97 Å². The number of carbonyl (C=O) groups excluding carboxylic acids is 1. The van der Waals surface area contributed by atoms with Crippen LogP contribution in [0.1, 0.15) is 27.7 Å². The second-order valence-corrected chi connectivity index (χ2v) is 5.07. The molecule has 0 aromatic rings. The van der Waals surface area contributed by atoms with Crippen molar-refractivity contribution in [1.82, 2.24) is 5.32 Å². The van der Waals surface area contributed by atoms with Crippen LogP contribution in [0.5, 0.6) is 0 Å². The number of hydrogen-bond donors (Lipinski definition) is 2. The van der Waals surface area contributed by atoms with Crippen LogP contribution in [0.2, 0.25) is 0 Å². The SMILES string of the molecule is COC(=O)C1=C(NC(C)(C)C)C(N=N)OC=C1C. The first-order valence-corrected chi connectivity index (χ1v) is 5.60. The summed E-state index contributed by atoms with van der Waals surface area (Å²) in [5, 5.41) is 6.52. The molecule has 18 heavy (non-hydrogen) atoms. The second-order valence-electron chi connectivity index (χ2n) is 5.07. The molecule has 1 rings (SSSR count). The van der Waals surface area contributed by atoms with Gasteiger partial charge in [-0.2, -0.15) is 0 Å². The molecule has 0 bridgehead atoms. The van der Waals surface area contributed by atoms with Crippen molar-refractivity contribution in [2.75, 3.05) is 7.11 Å². The van der Waals surface area contributed by atoms with E-state index in [2.05, 4.69) is 10.4 Å². The van der Waals surface area contributed by atoms with Crippen molar-refractivity contribution in [3.63, 3.8) is 0 Å². The summed E-state index contributed by atoms with van der Waals surface area (Å²) in [5.74, 6) is -0.465. The van der Waals surface area contributed by atoms with E-state index in [1.165, 1.54) is 13.4 Å². The topological polar surface area (TPSA) is 83.8 Å². The maximum Gasteiger partial charge on any atom is 0.340 e. The third-order valence-electron chi connectivity index (χ3n) is 2.30. The van der Waals surface area contributed by atoms with E-state index in [0.29, 0.717) is 16.8 Å². The third kappa shape index (κ3) is 3.09. The smallest absolute Gasteiger partial charge is 0.340 e. The summed E-state index contributed by atoms with van der Waals surface area (Å²) in [6, 6.07) is 0. The van der Waals surface area contributed by atoms with Crippen LogP contribution in [0.3, 0.4) is 0 Å². The quantitative estimate of drug-likeness (QED) is 0.596. The predicted molar refractivity (Wildman–Crippen MR) is 65.7 cm³/mol. The Hall–Kier alpha value is -1.85. The zero-order chi connectivity index (χ0) is 13.9. The van der Waals surface area contributed by atoms with Crippen LogP contribution < -0.4 is 5.32 Å². The summed E-state index contributed by atoms with van der Waals surface area (Å²) in [6.07, 6.45) is 0.588. The molecule has 0 fully saturated rings. The lowest BCUT2D eigenvalue weighted by molar-refractivity contribution is -0.136. The minimum atomic E-state index is -0.831. The van der Waals surface area contributed by atoms with Crippen LogP contribution in [0.4, 0.5) is 0 Å². The Morgan fingerprint density at radius 3 is 2.61 bits per heavy atom. The van der Waals surface area contributed by atoms with Crippen LogP contribution in [0.15, 0.2) is 28.2 Å². The van der Waals surface area contributed by atoms with Gasteiger partial charge in [0.2, 0.25) is 6.23 Å². The highest BCUT2D eigenvalue weighted by Crippen LogP contribution is 2.26. The zero-order valence-electron chi connectivity index (χ0n) is 11.3. The molecule has 100 valence electrons. The molecule has 1 unspecified atom stereocenters. The van der Waals surface area contributed by atoms with Gasteiger partial charge in [-0.25, -0.2) is 10.3 Å². The van der Waals surface area contributed by atoms with Crippen molar-refractivity contribution < 1.29 is 14.3 Å². The Kier molecular flexibility index (Phi) is 4.11. The normalized spacial score (nSPS) is 19.8. The van der Waals surface area contributed by atoms with Crippen molar-refractivity contribution in [3.05, 3.63) is 23.1 Å². The fourth-order valence-electron chi connectivity index (χ4n) is 1.63. The van der Waals surface area contributed by atoms with Gasteiger partial charge in [0, 0.05) is 11.1 Å². The average Bonchev–Trinajstić information content (AvgIpc) is 2.27. The third-order valence-corrected chi connectivity index (χ3v) is 2.30. The molecule has 1 heterocycles. The molecule has 0 spiro atoms. The molecule has 0 saturated heterocycles. The minimum Gasteiger partial charge on any atom is -0.469 e. The van der Waals surface area contributed by atoms with E-state index in [9.17, 15) is 4.79 Å². The predicted octanol–water partition coefficient (Wildman–Crippen LogP) is 2.09. The number of methoxy groups -OCH3 is 1. The van der Waals surface area contributed by atoms with Gasteiger partial charge in [0.1, 0.15) is 0 Å². The summed E-state index contributed by atoms with van der Waals surface area (Å²) < 4.78 is 10.0. The molecule has 2 N–H and O–H groups in total. The van der Waals surface area contributed by atoms with Gasteiger partial charge in [0.15, 0.2) is 0 Å². The molecule has 6 heteroatoms. The first kappa shape index (κ1) is 14.2. The molecular weight excluding hydrogens is 234 g/mol. The first-order chi connectivity index (χ1) is 8.30. The van der Waals surface area contributed by atoms with E-state index in [1.54, 1.807) is 6.92 Å². The molecule has 0 amide bonds. The molecule has 0 aromatic heterocycles. The number of ether oxygens (including phenoxy) is 2. The van der Waals surface area contributed by atoms with Crippen LogP contribution in [-0.4, -0.2) is 24.8 Å². The number of nitrogens with zero attached hydrogens (tertiary/aromatic N) is 1. The molecule has 0 radical (unpaired) electrons. The molecule has 1 atom stereocenters. The number of esters is 1. The van der Waals surface area contributed by atoms with E-state index in [-0.39, 0.29) is 5.54 Å². The van der Waals surface area contributed by atoms with Crippen molar-refractivity contribution in [2.24, 2.45) is 5.11 Å². The van der Waals surface area contributed by atoms with Crippen LogP contribution in [0, 0.1) is 5.53 Å². The number of nitrogens with one attached hydrogen (secondary N) is 2. The number of rotatable bonds is 3. The summed E-state index contributed by atoms with van der Waals surface area (Å²) in [6.45, 7) is 7.59. The maximum absolute atomic E-state index is 11.8. The molecule has 0 saturated carbocycles. The molecule has 0 aromatic carbocycles. The molecule has 0 aliphatic carbocycles. The van der Waals surface area contributed by atoms with Gasteiger partial charge in [-0.15, -0.1) is 5.11 Å². The monoisotopic (exact) mass is 253 g/mol. The fraction of sp³-hybridized carbons (Fsp3) is 0.583. The highest BCUT2D eigenvalue weighted by atomic mass is 16.5. The lowest BCUT2D eigenvalue weighted by atomic mass is 10.0. The van der Waals surface area contributed by atoms with Gasteiger partial charge in [-0.1, -0.05) is 0 Å². The van der Waals surface area contributed by atoms with Gasteiger partial charge in [-0.05, 0) is 27.7 Å². The standard InChI is InChI=1S/C12H19N3O3/c1-7-6-18-10(15-13)9(14-12(2,3)4)8(7)11(16)17-5/h6,10,13-14H,1-5H3. The zero-order valence-corrected chi connectivity index (χ0v) is 11.3. The summed E-state index contributed by atoms with van der Waals surface area (Å²) in [7, 11) is 1.32. The Morgan fingerprint density at radius 1 is 1.56 bits per heavy atom. The number of hydrogen-bond acceptors (Lipinski definition) is 6. The van der Waals surface area contributed by atoms with Crippen molar-refractivity contribution in [2.45, 2.75) is 39.5 Å². The van der Waals surface area contributed by atoms with E-state index in [4.69, 9.17) is 15.0 Å². The van der Waals surface area contributed by atoms with E-state index in [1.807, 2.05) is 20.8 Å². The maximum atomic E-state index is 11.8. The molecule has 1 aliphatic rings. The highest BCUT2D eigenvalue weighted by Gasteiger charge is 2.31.